The maximum Gasteiger partial charge on any atom is 0.224 e. The Morgan fingerprint density at radius 2 is 1.67 bits per heavy atom. The molecule has 170 valence electrons. The highest BCUT2D eigenvalue weighted by Gasteiger charge is 2.10. The number of nitrogens with one attached hydrogen (secondary N) is 1. The van der Waals surface area contributed by atoms with E-state index in [4.69, 9.17) is 9.72 Å². The zero-order valence-electron chi connectivity index (χ0n) is 19.2. The van der Waals surface area contributed by atoms with Gasteiger partial charge >= 0.3 is 0 Å². The van der Waals surface area contributed by atoms with Gasteiger partial charge in [0.25, 0.3) is 0 Å². The van der Waals surface area contributed by atoms with Gasteiger partial charge in [0.2, 0.25) is 5.91 Å². The summed E-state index contributed by atoms with van der Waals surface area (Å²) in [5.41, 5.74) is 5.50. The second-order valence-electron chi connectivity index (χ2n) is 8.06. The quantitative estimate of drug-likeness (QED) is 0.332. The lowest BCUT2D eigenvalue weighted by Gasteiger charge is -2.10. The number of ether oxygens (including phenoxy) is 1. The molecule has 5 heteroatoms. The monoisotopic (exact) mass is 441 g/mol. The molecule has 0 spiro atoms. The summed E-state index contributed by atoms with van der Waals surface area (Å²) >= 11 is 0. The smallest absolute Gasteiger partial charge is 0.224 e. The molecule has 1 heterocycles. The molecule has 0 aliphatic carbocycles. The zero-order chi connectivity index (χ0) is 22.9. The van der Waals surface area contributed by atoms with Crippen molar-refractivity contribution < 1.29 is 9.53 Å². The van der Waals surface area contributed by atoms with Gasteiger partial charge in [0.05, 0.1) is 24.1 Å². The molecule has 4 rings (SSSR count). The van der Waals surface area contributed by atoms with E-state index < -0.39 is 0 Å². The summed E-state index contributed by atoms with van der Waals surface area (Å²) < 4.78 is 7.79. The predicted octanol–water partition coefficient (Wildman–Crippen LogP) is 5.03. The Morgan fingerprint density at radius 1 is 0.939 bits per heavy atom. The molecule has 0 aliphatic heterocycles. The Hall–Kier alpha value is -3.44. The molecule has 0 saturated heterocycles. The minimum atomic E-state index is 0.0484. The first kappa shape index (κ1) is 22.7. The number of nitrogens with zero attached hydrogens (tertiary/aromatic N) is 2. The van der Waals surface area contributed by atoms with Crippen molar-refractivity contribution in [3.05, 3.63) is 90.3 Å². The second kappa shape index (κ2) is 11.4. The summed E-state index contributed by atoms with van der Waals surface area (Å²) in [6.07, 6.45) is 2.05. The SMILES string of the molecule is CCOCCn1c(CCCNC(=O)Cc2ccc(-c3ccccc3)cc2)nc2ccccc21. The second-order valence-corrected chi connectivity index (χ2v) is 8.06. The van der Waals surface area contributed by atoms with Gasteiger partial charge in [0.15, 0.2) is 0 Å². The number of rotatable bonds is 11. The molecule has 1 amide bonds. The summed E-state index contributed by atoms with van der Waals surface area (Å²) in [6.45, 7) is 4.81. The first-order valence-corrected chi connectivity index (χ1v) is 11.7. The summed E-state index contributed by atoms with van der Waals surface area (Å²) in [7, 11) is 0. The molecule has 0 fully saturated rings. The molecule has 1 N–H and O–H groups in total. The number of benzene rings is 3. The van der Waals surface area contributed by atoms with Crippen LogP contribution in [-0.4, -0.2) is 35.2 Å². The lowest BCUT2D eigenvalue weighted by Crippen LogP contribution is -2.26. The summed E-state index contributed by atoms with van der Waals surface area (Å²) in [6, 6.07) is 26.7. The largest absolute Gasteiger partial charge is 0.380 e. The van der Waals surface area contributed by atoms with Crippen molar-refractivity contribution in [2.75, 3.05) is 19.8 Å². The number of fused-ring (bicyclic) bond motifs is 1. The van der Waals surface area contributed by atoms with Gasteiger partial charge in [-0.2, -0.15) is 0 Å². The maximum absolute atomic E-state index is 12.4. The van der Waals surface area contributed by atoms with Crippen molar-refractivity contribution in [2.45, 2.75) is 32.7 Å². The normalized spacial score (nSPS) is 11.1. The highest BCUT2D eigenvalue weighted by Crippen LogP contribution is 2.19. The van der Waals surface area contributed by atoms with E-state index in [0.29, 0.717) is 26.2 Å². The van der Waals surface area contributed by atoms with E-state index >= 15 is 0 Å². The minimum absolute atomic E-state index is 0.0484. The molecular weight excluding hydrogens is 410 g/mol. The van der Waals surface area contributed by atoms with Gasteiger partial charge in [-0.3, -0.25) is 4.79 Å². The maximum atomic E-state index is 12.4. The van der Waals surface area contributed by atoms with E-state index in [1.807, 2.05) is 55.5 Å². The molecule has 3 aromatic carbocycles. The van der Waals surface area contributed by atoms with Crippen molar-refractivity contribution >= 4 is 16.9 Å². The van der Waals surface area contributed by atoms with Crippen LogP contribution in [0.5, 0.6) is 0 Å². The standard InChI is InChI=1S/C28H31N3O2/c1-2-33-20-19-31-26-12-7-6-11-25(26)30-27(31)13-8-18-29-28(32)21-22-14-16-24(17-15-22)23-9-4-3-5-10-23/h3-7,9-12,14-17H,2,8,13,18-21H2,1H3,(H,29,32). The van der Waals surface area contributed by atoms with Crippen molar-refractivity contribution in [2.24, 2.45) is 0 Å². The van der Waals surface area contributed by atoms with Crippen molar-refractivity contribution in [3.8, 4) is 11.1 Å². The lowest BCUT2D eigenvalue weighted by molar-refractivity contribution is -0.120. The van der Waals surface area contributed by atoms with Crippen molar-refractivity contribution in [1.82, 2.24) is 14.9 Å². The van der Waals surface area contributed by atoms with Crippen LogP contribution in [0.1, 0.15) is 24.7 Å². The van der Waals surface area contributed by atoms with E-state index in [-0.39, 0.29) is 5.91 Å². The molecule has 0 radical (unpaired) electrons. The van der Waals surface area contributed by atoms with Gasteiger partial charge < -0.3 is 14.6 Å². The van der Waals surface area contributed by atoms with Crippen LogP contribution in [0.3, 0.4) is 0 Å². The highest BCUT2D eigenvalue weighted by atomic mass is 16.5. The first-order valence-electron chi connectivity index (χ1n) is 11.7. The minimum Gasteiger partial charge on any atom is -0.380 e. The number of aromatic nitrogens is 2. The molecule has 0 atom stereocenters. The third kappa shape index (κ3) is 6.08. The molecule has 5 nitrogen and oxygen atoms in total. The Bertz CT molecular complexity index is 1170. The van der Waals surface area contributed by atoms with Crippen LogP contribution in [0.2, 0.25) is 0 Å². The van der Waals surface area contributed by atoms with Crippen molar-refractivity contribution in [1.29, 1.82) is 0 Å². The molecule has 33 heavy (non-hydrogen) atoms. The summed E-state index contributed by atoms with van der Waals surface area (Å²) in [5.74, 6) is 1.09. The Kier molecular flexibility index (Phi) is 7.88. The lowest BCUT2D eigenvalue weighted by atomic mass is 10.0. The van der Waals surface area contributed by atoms with E-state index in [0.717, 1.165) is 47.4 Å². The molecular formula is C28H31N3O2. The van der Waals surface area contributed by atoms with Crippen LogP contribution < -0.4 is 5.32 Å². The predicted molar refractivity (Wildman–Crippen MR) is 133 cm³/mol. The van der Waals surface area contributed by atoms with Crippen LogP contribution >= 0.6 is 0 Å². The molecule has 0 saturated carbocycles. The number of hydrogen-bond acceptors (Lipinski definition) is 3. The fourth-order valence-corrected chi connectivity index (χ4v) is 4.03. The third-order valence-electron chi connectivity index (χ3n) is 5.72. The number of carbonyl (C=O) groups excluding carboxylic acids is 1. The van der Waals surface area contributed by atoms with Crippen LogP contribution in [0.4, 0.5) is 0 Å². The van der Waals surface area contributed by atoms with Crippen LogP contribution in [0, 0.1) is 0 Å². The average Bonchev–Trinajstić information content (AvgIpc) is 3.20. The Morgan fingerprint density at radius 3 is 2.45 bits per heavy atom. The van der Waals surface area contributed by atoms with E-state index in [1.165, 1.54) is 5.56 Å². The molecule has 4 aromatic rings. The van der Waals surface area contributed by atoms with Gasteiger partial charge in [0.1, 0.15) is 5.82 Å². The first-order chi connectivity index (χ1) is 16.2. The van der Waals surface area contributed by atoms with Gasteiger partial charge in [-0.05, 0) is 42.2 Å². The number of para-hydroxylation sites is 2. The fourth-order valence-electron chi connectivity index (χ4n) is 4.03. The van der Waals surface area contributed by atoms with E-state index in [2.05, 4.69) is 40.2 Å². The van der Waals surface area contributed by atoms with Gasteiger partial charge in [-0.1, -0.05) is 66.7 Å². The third-order valence-corrected chi connectivity index (χ3v) is 5.72. The molecule has 0 aliphatic rings. The number of amides is 1. The van der Waals surface area contributed by atoms with E-state index in [1.54, 1.807) is 0 Å². The van der Waals surface area contributed by atoms with Gasteiger partial charge in [-0.15, -0.1) is 0 Å². The summed E-state index contributed by atoms with van der Waals surface area (Å²) in [4.78, 5) is 17.2. The Balaban J connectivity index is 1.27. The Labute approximate surface area is 195 Å². The molecule has 0 unspecified atom stereocenters. The number of carbonyl (C=O) groups is 1. The molecule has 0 bridgehead atoms. The number of hydrogen-bond donors (Lipinski definition) is 1. The fraction of sp³-hybridized carbons (Fsp3) is 0.286. The topological polar surface area (TPSA) is 56.1 Å². The van der Waals surface area contributed by atoms with E-state index in [9.17, 15) is 4.79 Å². The summed E-state index contributed by atoms with van der Waals surface area (Å²) in [5, 5.41) is 3.05. The zero-order valence-corrected chi connectivity index (χ0v) is 19.2. The number of aryl methyl sites for hydroxylation is 1. The van der Waals surface area contributed by atoms with Crippen molar-refractivity contribution in [3.63, 3.8) is 0 Å². The van der Waals surface area contributed by atoms with Crippen LogP contribution in [0.25, 0.3) is 22.2 Å². The van der Waals surface area contributed by atoms with Gasteiger partial charge in [-0.25, -0.2) is 4.98 Å². The highest BCUT2D eigenvalue weighted by molar-refractivity contribution is 5.79. The average molecular weight is 442 g/mol. The van der Waals surface area contributed by atoms with Gasteiger partial charge in [0, 0.05) is 26.1 Å². The molecule has 1 aromatic heterocycles. The van der Waals surface area contributed by atoms with Crippen LogP contribution in [-0.2, 0) is 28.9 Å². The van der Waals surface area contributed by atoms with Crippen LogP contribution in [0.15, 0.2) is 78.9 Å². The number of imidazole rings is 1.